The van der Waals surface area contributed by atoms with E-state index in [1.165, 1.54) is 0 Å². The van der Waals surface area contributed by atoms with Crippen molar-refractivity contribution in [2.24, 2.45) is 0 Å². The number of benzene rings is 1. The van der Waals surface area contributed by atoms with Crippen LogP contribution in [0.15, 0.2) is 47.1 Å². The van der Waals surface area contributed by atoms with Crippen molar-refractivity contribution in [1.29, 1.82) is 0 Å². The number of hydrogen-bond acceptors (Lipinski definition) is 2. The molecule has 1 atom stereocenters. The molecule has 0 bridgehead atoms. The highest BCUT2D eigenvalue weighted by Crippen LogP contribution is 2.28. The van der Waals surface area contributed by atoms with E-state index in [2.05, 4.69) is 20.9 Å². The van der Waals surface area contributed by atoms with Gasteiger partial charge in [0.2, 0.25) is 0 Å². The van der Waals surface area contributed by atoms with Gasteiger partial charge in [0.25, 0.3) is 0 Å². The largest absolute Gasteiger partial charge is 0.481 e. The van der Waals surface area contributed by atoms with Gasteiger partial charge in [-0.1, -0.05) is 40.2 Å². The second-order valence-electron chi connectivity index (χ2n) is 4.38. The molecule has 3 nitrogen and oxygen atoms in total. The number of nitrogens with zero attached hydrogens (tertiary/aromatic N) is 1. The third kappa shape index (κ3) is 3.20. The maximum Gasteiger partial charge on any atom is 0.311 e. The van der Waals surface area contributed by atoms with Crippen molar-refractivity contribution >= 4 is 21.9 Å². The summed E-state index contributed by atoms with van der Waals surface area (Å²) in [4.78, 5) is 15.8. The van der Waals surface area contributed by atoms with Crippen molar-refractivity contribution in [2.45, 2.75) is 19.3 Å². The Hall–Kier alpha value is -1.68. The molecule has 1 unspecified atom stereocenters. The normalized spacial score (nSPS) is 12.1. The van der Waals surface area contributed by atoms with Crippen molar-refractivity contribution in [2.75, 3.05) is 0 Å². The number of hydrogen-bond donors (Lipinski definition) is 1. The van der Waals surface area contributed by atoms with E-state index in [0.29, 0.717) is 6.42 Å². The van der Waals surface area contributed by atoms with Crippen molar-refractivity contribution in [3.05, 3.63) is 63.9 Å². The highest BCUT2D eigenvalue weighted by atomic mass is 79.9. The first-order valence-electron chi connectivity index (χ1n) is 5.97. The molecule has 0 amide bonds. The predicted molar refractivity (Wildman–Crippen MR) is 77.2 cm³/mol. The first-order chi connectivity index (χ1) is 9.09. The van der Waals surface area contributed by atoms with Crippen LogP contribution in [0.25, 0.3) is 0 Å². The van der Waals surface area contributed by atoms with Crippen molar-refractivity contribution in [1.82, 2.24) is 4.98 Å². The standard InChI is InChI=1S/C15H14BrNO2/c1-10-5-4-8-17-14(10)9-12(15(18)19)11-6-2-3-7-13(11)16/h2-8,12H,9H2,1H3,(H,18,19). The number of aromatic nitrogens is 1. The summed E-state index contributed by atoms with van der Waals surface area (Å²) in [5.41, 5.74) is 2.62. The molecule has 1 aromatic heterocycles. The van der Waals surface area contributed by atoms with Gasteiger partial charge in [-0.05, 0) is 30.2 Å². The summed E-state index contributed by atoms with van der Waals surface area (Å²) in [5.74, 6) is -1.43. The molecule has 1 aromatic carbocycles. The van der Waals surface area contributed by atoms with Crippen molar-refractivity contribution in [3.63, 3.8) is 0 Å². The minimum atomic E-state index is -0.836. The molecule has 98 valence electrons. The zero-order valence-electron chi connectivity index (χ0n) is 10.5. The fraction of sp³-hybridized carbons (Fsp3) is 0.200. The molecule has 0 radical (unpaired) electrons. The third-order valence-electron chi connectivity index (χ3n) is 3.09. The van der Waals surface area contributed by atoms with Crippen LogP contribution in [-0.4, -0.2) is 16.1 Å². The van der Waals surface area contributed by atoms with E-state index in [0.717, 1.165) is 21.3 Å². The van der Waals surface area contributed by atoms with Gasteiger partial charge in [-0.15, -0.1) is 0 Å². The Morgan fingerprint density at radius 3 is 2.68 bits per heavy atom. The molecular formula is C15H14BrNO2. The number of rotatable bonds is 4. The Labute approximate surface area is 120 Å². The number of aliphatic carboxylic acids is 1. The Balaban J connectivity index is 2.35. The summed E-state index contributed by atoms with van der Waals surface area (Å²) in [6.07, 6.45) is 2.09. The van der Waals surface area contributed by atoms with Crippen LogP contribution >= 0.6 is 15.9 Å². The lowest BCUT2D eigenvalue weighted by Gasteiger charge is -2.15. The number of carboxylic acid groups (broad SMARTS) is 1. The highest BCUT2D eigenvalue weighted by molar-refractivity contribution is 9.10. The zero-order chi connectivity index (χ0) is 13.8. The second-order valence-corrected chi connectivity index (χ2v) is 5.24. The first-order valence-corrected chi connectivity index (χ1v) is 6.76. The number of aryl methyl sites for hydroxylation is 1. The molecule has 1 heterocycles. The van der Waals surface area contributed by atoms with Crippen LogP contribution in [0.5, 0.6) is 0 Å². The fourth-order valence-corrected chi connectivity index (χ4v) is 2.57. The molecule has 0 saturated heterocycles. The van der Waals surface area contributed by atoms with Crippen LogP contribution in [-0.2, 0) is 11.2 Å². The molecule has 0 fully saturated rings. The lowest BCUT2D eigenvalue weighted by Crippen LogP contribution is -2.16. The topological polar surface area (TPSA) is 50.2 Å². The lowest BCUT2D eigenvalue weighted by molar-refractivity contribution is -0.138. The van der Waals surface area contributed by atoms with E-state index in [-0.39, 0.29) is 0 Å². The Bertz CT molecular complexity index is 598. The van der Waals surface area contributed by atoms with Crippen LogP contribution in [0.1, 0.15) is 22.7 Å². The van der Waals surface area contributed by atoms with E-state index < -0.39 is 11.9 Å². The van der Waals surface area contributed by atoms with Gasteiger partial charge in [-0.25, -0.2) is 0 Å². The predicted octanol–water partition coefficient (Wildman–Crippen LogP) is 3.56. The Morgan fingerprint density at radius 1 is 1.32 bits per heavy atom. The number of pyridine rings is 1. The van der Waals surface area contributed by atoms with E-state index in [9.17, 15) is 9.90 Å². The molecule has 0 aliphatic carbocycles. The van der Waals surface area contributed by atoms with Crippen LogP contribution in [0.2, 0.25) is 0 Å². The molecule has 4 heteroatoms. The maximum atomic E-state index is 11.5. The van der Waals surface area contributed by atoms with Gasteiger partial charge in [0.1, 0.15) is 0 Å². The minimum absolute atomic E-state index is 0.393. The second kappa shape index (κ2) is 5.97. The SMILES string of the molecule is Cc1cccnc1CC(C(=O)O)c1ccccc1Br. The first kappa shape index (κ1) is 13.7. The molecule has 0 aliphatic rings. The highest BCUT2D eigenvalue weighted by Gasteiger charge is 2.23. The average molecular weight is 320 g/mol. The van der Waals surface area contributed by atoms with Crippen LogP contribution in [0, 0.1) is 6.92 Å². The quantitative estimate of drug-likeness (QED) is 0.937. The smallest absolute Gasteiger partial charge is 0.311 e. The van der Waals surface area contributed by atoms with Gasteiger partial charge < -0.3 is 5.11 Å². The van der Waals surface area contributed by atoms with Gasteiger partial charge in [-0.3, -0.25) is 9.78 Å². The molecule has 2 rings (SSSR count). The van der Waals surface area contributed by atoms with Crippen LogP contribution < -0.4 is 0 Å². The zero-order valence-corrected chi connectivity index (χ0v) is 12.1. The van der Waals surface area contributed by atoms with Gasteiger partial charge in [0, 0.05) is 22.8 Å². The maximum absolute atomic E-state index is 11.5. The summed E-state index contributed by atoms with van der Waals surface area (Å²) in [5, 5.41) is 9.45. The fourth-order valence-electron chi connectivity index (χ4n) is 2.01. The van der Waals surface area contributed by atoms with Gasteiger partial charge in [-0.2, -0.15) is 0 Å². The third-order valence-corrected chi connectivity index (χ3v) is 3.82. The van der Waals surface area contributed by atoms with E-state index in [1.54, 1.807) is 6.20 Å². The Kier molecular flexibility index (Phi) is 4.32. The van der Waals surface area contributed by atoms with E-state index in [4.69, 9.17) is 0 Å². The molecule has 0 aliphatic heterocycles. The molecule has 19 heavy (non-hydrogen) atoms. The van der Waals surface area contributed by atoms with Gasteiger partial charge in [0.15, 0.2) is 0 Å². The van der Waals surface area contributed by atoms with E-state index in [1.807, 2.05) is 43.3 Å². The van der Waals surface area contributed by atoms with E-state index >= 15 is 0 Å². The molecule has 1 N–H and O–H groups in total. The molecule has 0 spiro atoms. The average Bonchev–Trinajstić information content (AvgIpc) is 2.38. The van der Waals surface area contributed by atoms with Gasteiger partial charge in [0.05, 0.1) is 5.92 Å². The molecule has 2 aromatic rings. The van der Waals surface area contributed by atoms with Gasteiger partial charge >= 0.3 is 5.97 Å². The lowest BCUT2D eigenvalue weighted by atomic mass is 9.93. The van der Waals surface area contributed by atoms with Crippen molar-refractivity contribution in [3.8, 4) is 0 Å². The summed E-state index contributed by atoms with van der Waals surface area (Å²) in [7, 11) is 0. The summed E-state index contributed by atoms with van der Waals surface area (Å²) in [6.45, 7) is 1.95. The molecule has 0 saturated carbocycles. The summed E-state index contributed by atoms with van der Waals surface area (Å²) >= 11 is 3.41. The Morgan fingerprint density at radius 2 is 2.05 bits per heavy atom. The summed E-state index contributed by atoms with van der Waals surface area (Å²) < 4.78 is 0.816. The monoisotopic (exact) mass is 319 g/mol. The van der Waals surface area contributed by atoms with Crippen molar-refractivity contribution < 1.29 is 9.90 Å². The number of halogens is 1. The van der Waals surface area contributed by atoms with Crippen LogP contribution in [0.4, 0.5) is 0 Å². The van der Waals surface area contributed by atoms with Crippen LogP contribution in [0.3, 0.4) is 0 Å². The number of carboxylic acids is 1. The number of carbonyl (C=O) groups is 1. The molecular weight excluding hydrogens is 306 g/mol. The minimum Gasteiger partial charge on any atom is -0.481 e. The summed E-state index contributed by atoms with van der Waals surface area (Å²) in [6, 6.07) is 11.2.